The van der Waals surface area contributed by atoms with E-state index in [1.807, 2.05) is 0 Å². The summed E-state index contributed by atoms with van der Waals surface area (Å²) in [4.78, 5) is 11.8. The van der Waals surface area contributed by atoms with Crippen LogP contribution in [0.25, 0.3) is 0 Å². The molecule has 2 aliphatic heterocycles. The van der Waals surface area contributed by atoms with Crippen LogP contribution in [0.1, 0.15) is 72.1 Å². The Balaban J connectivity index is 1.17. The molecule has 5 fully saturated rings. The normalized spacial score (nSPS) is 55.3. The van der Waals surface area contributed by atoms with E-state index in [9.17, 15) is 25.2 Å². The third-order valence-electron chi connectivity index (χ3n) is 12.3. The third kappa shape index (κ3) is 4.09. The molecule has 1 saturated heterocycles. The second kappa shape index (κ2) is 9.75. The molecule has 4 N–H and O–H groups in total. The van der Waals surface area contributed by atoms with Crippen LogP contribution >= 0.6 is 0 Å². The number of aliphatic hydroxyl groups is 4. The van der Waals surface area contributed by atoms with Gasteiger partial charge in [0, 0.05) is 30.9 Å². The molecule has 0 radical (unpaired) electrons. The van der Waals surface area contributed by atoms with Crippen molar-refractivity contribution in [2.24, 2.45) is 34.5 Å². The Hall–Kier alpha value is -1.07. The van der Waals surface area contributed by atoms with Crippen molar-refractivity contribution in [1.29, 1.82) is 0 Å². The van der Waals surface area contributed by atoms with Crippen molar-refractivity contribution >= 4 is 5.97 Å². The average molecular weight is 551 g/mol. The highest BCUT2D eigenvalue weighted by atomic mass is 16.7. The Morgan fingerprint density at radius 2 is 1.79 bits per heavy atom. The minimum Gasteiger partial charge on any atom is -0.458 e. The van der Waals surface area contributed by atoms with E-state index in [0.717, 1.165) is 50.5 Å². The molecule has 0 bridgehead atoms. The van der Waals surface area contributed by atoms with Crippen LogP contribution < -0.4 is 0 Å². The fourth-order valence-corrected chi connectivity index (χ4v) is 10.2. The molecule has 6 rings (SSSR count). The van der Waals surface area contributed by atoms with Gasteiger partial charge in [0.1, 0.15) is 24.9 Å². The zero-order valence-corrected chi connectivity index (χ0v) is 23.6. The minimum absolute atomic E-state index is 0.0547. The maximum atomic E-state index is 12.4. The number of hydrogen-bond acceptors (Lipinski definition) is 9. The first kappa shape index (κ1) is 28.1. The van der Waals surface area contributed by atoms with Gasteiger partial charge in [-0.25, -0.2) is 4.79 Å². The van der Waals surface area contributed by atoms with Gasteiger partial charge in [-0.3, -0.25) is 0 Å². The van der Waals surface area contributed by atoms with Crippen molar-refractivity contribution < 1.29 is 44.2 Å². The second-order valence-electron chi connectivity index (χ2n) is 13.9. The quantitative estimate of drug-likeness (QED) is 0.307. The Bertz CT molecular complexity index is 1000. The lowest BCUT2D eigenvalue weighted by Gasteiger charge is -2.63. The minimum atomic E-state index is -1.06. The maximum Gasteiger partial charge on any atom is 0.331 e. The summed E-state index contributed by atoms with van der Waals surface area (Å²) in [6, 6.07) is 0. The molecule has 4 aliphatic carbocycles. The molecule has 0 aromatic rings. The number of carbonyl (C=O) groups excluding carboxylic acids is 1. The van der Waals surface area contributed by atoms with Gasteiger partial charge in [0.25, 0.3) is 0 Å². The predicted molar refractivity (Wildman–Crippen MR) is 139 cm³/mol. The van der Waals surface area contributed by atoms with E-state index in [-0.39, 0.29) is 35.9 Å². The van der Waals surface area contributed by atoms with Crippen molar-refractivity contribution in [1.82, 2.24) is 0 Å². The Labute approximate surface area is 230 Å². The molecule has 0 aromatic heterocycles. The third-order valence-corrected chi connectivity index (χ3v) is 12.3. The van der Waals surface area contributed by atoms with Crippen LogP contribution in [-0.4, -0.2) is 88.6 Å². The fraction of sp³-hybridized carbons (Fsp3) is 0.900. The molecule has 0 spiro atoms. The van der Waals surface area contributed by atoms with E-state index in [1.54, 1.807) is 6.92 Å². The highest BCUT2D eigenvalue weighted by molar-refractivity contribution is 5.85. The number of rotatable bonds is 4. The van der Waals surface area contributed by atoms with E-state index in [0.29, 0.717) is 18.3 Å². The van der Waals surface area contributed by atoms with Crippen LogP contribution in [0.4, 0.5) is 0 Å². The lowest BCUT2D eigenvalue weighted by atomic mass is 9.43. The lowest BCUT2D eigenvalue weighted by Crippen LogP contribution is -2.62. The molecule has 220 valence electrons. The summed E-state index contributed by atoms with van der Waals surface area (Å²) in [6.45, 7) is 6.48. The summed E-state index contributed by atoms with van der Waals surface area (Å²) >= 11 is 0. The van der Waals surface area contributed by atoms with E-state index in [4.69, 9.17) is 18.9 Å². The first-order chi connectivity index (χ1) is 18.4. The summed E-state index contributed by atoms with van der Waals surface area (Å²) in [5.74, 6) is 0.260. The van der Waals surface area contributed by atoms with Gasteiger partial charge in [-0.1, -0.05) is 13.8 Å². The molecule has 9 heteroatoms. The fourth-order valence-electron chi connectivity index (χ4n) is 10.2. The van der Waals surface area contributed by atoms with Crippen LogP contribution in [0.5, 0.6) is 0 Å². The molecule has 6 aliphatic rings. The van der Waals surface area contributed by atoms with Crippen LogP contribution in [0, 0.1) is 34.5 Å². The highest BCUT2D eigenvalue weighted by Crippen LogP contribution is 2.70. The van der Waals surface area contributed by atoms with Crippen molar-refractivity contribution in [2.75, 3.05) is 13.7 Å². The number of esters is 1. The van der Waals surface area contributed by atoms with Gasteiger partial charge in [-0.15, -0.1) is 0 Å². The Kier molecular flexibility index (Phi) is 7.02. The Morgan fingerprint density at radius 3 is 2.49 bits per heavy atom. The summed E-state index contributed by atoms with van der Waals surface area (Å²) in [5.41, 5.74) is -0.601. The number of carbonyl (C=O) groups is 1. The van der Waals surface area contributed by atoms with Crippen LogP contribution in [0.2, 0.25) is 0 Å². The first-order valence-electron chi connectivity index (χ1n) is 14.9. The second-order valence-corrected chi connectivity index (χ2v) is 13.9. The number of methoxy groups -OCH3 is 1. The smallest absolute Gasteiger partial charge is 0.331 e. The van der Waals surface area contributed by atoms with Gasteiger partial charge < -0.3 is 39.4 Å². The largest absolute Gasteiger partial charge is 0.458 e. The van der Waals surface area contributed by atoms with Crippen molar-refractivity contribution in [3.63, 3.8) is 0 Å². The predicted octanol–water partition coefficient (Wildman–Crippen LogP) is 2.08. The van der Waals surface area contributed by atoms with Gasteiger partial charge in [0.2, 0.25) is 0 Å². The number of hydrogen-bond donors (Lipinski definition) is 4. The van der Waals surface area contributed by atoms with Crippen molar-refractivity contribution in [3.05, 3.63) is 11.6 Å². The standard InChI is InChI=1S/C30H46O9/c1-15-24(33)26(36-4)25(34)27(38-15)39-18-7-9-28(2)17(12-18)5-6-20-19(28)8-10-29(3)23(16-11-22(32)37-14-16)21(31)13-30(20,29)35/h11,15,17-21,23-27,31,33-35H,5-10,12-14H2,1-4H3/t15?,17?,18?,19-,20+,21?,23?,24?,25?,26?,27?,28?,29?,30?/m0/s1. The molecular weight excluding hydrogens is 504 g/mol. The molecule has 39 heavy (non-hydrogen) atoms. The van der Waals surface area contributed by atoms with E-state index >= 15 is 0 Å². The summed E-state index contributed by atoms with van der Waals surface area (Å²) < 4.78 is 22.7. The zero-order valence-electron chi connectivity index (χ0n) is 23.6. The number of cyclic esters (lactones) is 1. The van der Waals surface area contributed by atoms with Crippen molar-refractivity contribution in [3.8, 4) is 0 Å². The van der Waals surface area contributed by atoms with Crippen molar-refractivity contribution in [2.45, 2.75) is 121 Å². The van der Waals surface area contributed by atoms with Gasteiger partial charge in [0.05, 0.1) is 23.9 Å². The monoisotopic (exact) mass is 550 g/mol. The summed E-state index contributed by atoms with van der Waals surface area (Å²) in [7, 11) is 1.48. The van der Waals surface area contributed by atoms with Crippen LogP contribution in [0.3, 0.4) is 0 Å². The van der Waals surface area contributed by atoms with Gasteiger partial charge in [-0.05, 0) is 80.6 Å². The van der Waals surface area contributed by atoms with E-state index < -0.39 is 47.8 Å². The maximum absolute atomic E-state index is 12.4. The van der Waals surface area contributed by atoms with Crippen LogP contribution in [0.15, 0.2) is 11.6 Å². The Morgan fingerprint density at radius 1 is 1.03 bits per heavy atom. The molecule has 0 amide bonds. The SMILES string of the molecule is COC1C(O)C(C)OC(OC2CCC3(C)C(CC[C@@H]4[C@@H]3CCC3(C)C(C5=CC(=O)OC5)C(O)CC43O)C2)C1O. The first-order valence-corrected chi connectivity index (χ1v) is 14.9. The average Bonchev–Trinajstić information content (AvgIpc) is 3.39. The van der Waals surface area contributed by atoms with Gasteiger partial charge in [0.15, 0.2) is 6.29 Å². The molecule has 0 aromatic carbocycles. The van der Waals surface area contributed by atoms with E-state index in [1.165, 1.54) is 13.2 Å². The van der Waals surface area contributed by atoms with Crippen LogP contribution in [-0.2, 0) is 23.7 Å². The summed E-state index contributed by atoms with van der Waals surface area (Å²) in [5, 5.41) is 44.7. The molecule has 14 atom stereocenters. The highest BCUT2D eigenvalue weighted by Gasteiger charge is 2.70. The molecule has 2 heterocycles. The number of aliphatic hydroxyl groups excluding tert-OH is 3. The van der Waals surface area contributed by atoms with Gasteiger partial charge in [-0.2, -0.15) is 0 Å². The molecule has 4 saturated carbocycles. The van der Waals surface area contributed by atoms with E-state index in [2.05, 4.69) is 13.8 Å². The summed E-state index contributed by atoms with van der Waals surface area (Å²) in [6.07, 6.45) is 3.40. The van der Waals surface area contributed by atoms with Gasteiger partial charge >= 0.3 is 5.97 Å². The topological polar surface area (TPSA) is 135 Å². The molecule has 9 nitrogen and oxygen atoms in total. The lowest BCUT2D eigenvalue weighted by molar-refractivity contribution is -0.313. The number of fused-ring (bicyclic) bond motifs is 5. The zero-order chi connectivity index (χ0) is 27.9. The molecule has 12 unspecified atom stereocenters. The molecular formula is C30H46O9. The number of ether oxygens (including phenoxy) is 4.